The zero-order valence-electron chi connectivity index (χ0n) is 40.9. The number of nitrogens with zero attached hydrogens (tertiary/aromatic N) is 2. The topological polar surface area (TPSA) is 23.0 Å². The first-order valence-corrected chi connectivity index (χ1v) is 25.7. The van der Waals surface area contributed by atoms with Crippen molar-refractivity contribution >= 4 is 65.6 Å². The minimum absolute atomic E-state index is 0.847. The van der Waals surface area contributed by atoms with E-state index in [9.17, 15) is 0 Å². The number of furan rings is 1. The summed E-state index contributed by atoms with van der Waals surface area (Å²) in [5.41, 5.74) is 22.6. The Morgan fingerprint density at radius 2 is 0.533 bits per heavy atom. The molecule has 75 heavy (non-hydrogen) atoms. The minimum atomic E-state index is 0.847. The van der Waals surface area contributed by atoms with Gasteiger partial charge in [-0.25, -0.2) is 0 Å². The van der Waals surface area contributed by atoms with Crippen molar-refractivity contribution in [2.45, 2.75) is 0 Å². The molecule has 350 valence electrons. The summed E-state index contributed by atoms with van der Waals surface area (Å²) in [6.07, 6.45) is 0. The van der Waals surface area contributed by atoms with Crippen LogP contribution < -0.4 is 0 Å². The number of aromatic nitrogens is 2. The van der Waals surface area contributed by atoms with Crippen LogP contribution in [-0.2, 0) is 0 Å². The van der Waals surface area contributed by atoms with Crippen molar-refractivity contribution in [1.82, 2.24) is 9.13 Å². The Kier molecular flexibility index (Phi) is 9.89. The third-order valence-electron chi connectivity index (χ3n) is 15.3. The predicted octanol–water partition coefficient (Wildman–Crippen LogP) is 19.8. The lowest BCUT2D eigenvalue weighted by molar-refractivity contribution is 0.669. The molecule has 0 N–H and O–H groups in total. The Labute approximate surface area is 434 Å². The molecule has 3 nitrogen and oxygen atoms in total. The van der Waals surface area contributed by atoms with Crippen molar-refractivity contribution in [1.29, 1.82) is 0 Å². The largest absolute Gasteiger partial charge is 0.456 e. The molecule has 0 unspecified atom stereocenters. The van der Waals surface area contributed by atoms with E-state index in [0.29, 0.717) is 0 Å². The van der Waals surface area contributed by atoms with Gasteiger partial charge in [0.25, 0.3) is 0 Å². The molecule has 0 aliphatic carbocycles. The van der Waals surface area contributed by atoms with Crippen molar-refractivity contribution < 1.29 is 4.42 Å². The van der Waals surface area contributed by atoms with E-state index in [2.05, 4.69) is 288 Å². The van der Waals surface area contributed by atoms with Crippen molar-refractivity contribution in [2.75, 3.05) is 0 Å². The highest BCUT2D eigenvalue weighted by Crippen LogP contribution is 2.46. The van der Waals surface area contributed by atoms with Gasteiger partial charge in [-0.15, -0.1) is 0 Å². The third kappa shape index (κ3) is 7.12. The van der Waals surface area contributed by atoms with Gasteiger partial charge < -0.3 is 13.6 Å². The molecule has 0 saturated carbocycles. The highest BCUT2D eigenvalue weighted by Gasteiger charge is 2.23. The quantitative estimate of drug-likeness (QED) is 0.149. The van der Waals surface area contributed by atoms with Gasteiger partial charge in [0.15, 0.2) is 0 Å². The zero-order chi connectivity index (χ0) is 49.4. The molecule has 0 aliphatic rings. The van der Waals surface area contributed by atoms with E-state index in [1.165, 1.54) is 88.3 Å². The Hall–Kier alpha value is -9.96. The fraction of sp³-hybridized carbons (Fsp3) is 0. The summed E-state index contributed by atoms with van der Waals surface area (Å²) >= 11 is 0. The first kappa shape index (κ1) is 42.7. The number of hydrogen-bond acceptors (Lipinski definition) is 1. The monoisotopic (exact) mass is 954 g/mol. The Morgan fingerprint density at radius 1 is 0.213 bits per heavy atom. The molecule has 3 heterocycles. The Bertz CT molecular complexity index is 4350. The standard InChI is InChI=1S/C72H46N2O/c1-7-19-47(20-8-1)53-31-35-67-61(39-53)65-43-55(49-23-11-3-12-24-49)41-59(51-27-15-5-16-28-51)71(65)73(67)57-33-37-69-63(45-57)64-46-58(34-38-70(64)75-69)74-68-36-32-54(48-21-9-2-10-22-48)40-62(68)66-44-56(50-25-13-4-14-26-50)42-60(72(66)74)52-29-17-6-18-30-52/h1-46H. The van der Waals surface area contributed by atoms with E-state index >= 15 is 0 Å². The zero-order valence-corrected chi connectivity index (χ0v) is 40.9. The number of benzene rings is 12. The van der Waals surface area contributed by atoms with Crippen LogP contribution in [0.1, 0.15) is 0 Å². The molecule has 3 heteroatoms. The fourth-order valence-electron chi connectivity index (χ4n) is 11.8. The van der Waals surface area contributed by atoms with Crippen LogP contribution in [0.5, 0.6) is 0 Å². The normalized spacial score (nSPS) is 11.7. The van der Waals surface area contributed by atoms with Crippen LogP contribution in [0, 0.1) is 0 Å². The fourth-order valence-corrected chi connectivity index (χ4v) is 11.8. The van der Waals surface area contributed by atoms with Gasteiger partial charge in [-0.2, -0.15) is 0 Å². The molecular formula is C72H46N2O. The first-order chi connectivity index (χ1) is 37.2. The molecule has 0 spiro atoms. The molecule has 15 aromatic rings. The van der Waals surface area contributed by atoms with Crippen LogP contribution in [0.15, 0.2) is 283 Å². The molecular weight excluding hydrogens is 909 g/mol. The maximum absolute atomic E-state index is 6.77. The Morgan fingerprint density at radius 3 is 0.893 bits per heavy atom. The van der Waals surface area contributed by atoms with Crippen LogP contribution in [0.3, 0.4) is 0 Å². The maximum Gasteiger partial charge on any atom is 0.135 e. The second-order valence-corrected chi connectivity index (χ2v) is 19.6. The third-order valence-corrected chi connectivity index (χ3v) is 15.3. The van der Waals surface area contributed by atoms with Crippen molar-refractivity contribution in [3.63, 3.8) is 0 Å². The summed E-state index contributed by atoms with van der Waals surface area (Å²) in [6, 6.07) is 102. The van der Waals surface area contributed by atoms with Crippen molar-refractivity contribution in [3.05, 3.63) is 279 Å². The molecule has 0 radical (unpaired) electrons. The highest BCUT2D eigenvalue weighted by atomic mass is 16.3. The minimum Gasteiger partial charge on any atom is -0.456 e. The van der Waals surface area contributed by atoms with E-state index in [-0.39, 0.29) is 0 Å². The molecule has 0 atom stereocenters. The van der Waals surface area contributed by atoms with Crippen LogP contribution >= 0.6 is 0 Å². The van der Waals surface area contributed by atoms with Gasteiger partial charge in [0.1, 0.15) is 11.2 Å². The van der Waals surface area contributed by atoms with Gasteiger partial charge in [-0.1, -0.05) is 194 Å². The SMILES string of the molecule is c1ccc(-c2ccc3c(c2)c2cc(-c4ccccc4)cc(-c4ccccc4)c2n3-c2ccc3oc4ccc(-n5c6ccc(-c7ccccc7)cc6c6cc(-c7ccccc7)cc(-c7ccccc7)c65)cc4c3c2)cc1. The molecule has 3 aromatic heterocycles. The number of rotatable bonds is 8. The lowest BCUT2D eigenvalue weighted by Crippen LogP contribution is -1.97. The molecule has 0 bridgehead atoms. The summed E-state index contributed by atoms with van der Waals surface area (Å²) in [6.45, 7) is 0. The van der Waals surface area contributed by atoms with Gasteiger partial charge in [0.2, 0.25) is 0 Å². The van der Waals surface area contributed by atoms with Gasteiger partial charge in [-0.3, -0.25) is 0 Å². The van der Waals surface area contributed by atoms with Gasteiger partial charge in [0, 0.05) is 54.8 Å². The summed E-state index contributed by atoms with van der Waals surface area (Å²) < 4.78 is 11.7. The average molecular weight is 955 g/mol. The summed E-state index contributed by atoms with van der Waals surface area (Å²) in [7, 11) is 0. The van der Waals surface area contributed by atoms with Crippen LogP contribution in [-0.4, -0.2) is 9.13 Å². The van der Waals surface area contributed by atoms with Crippen LogP contribution in [0.25, 0.3) is 144 Å². The average Bonchev–Trinajstić information content (AvgIpc) is 4.20. The predicted molar refractivity (Wildman–Crippen MR) is 315 cm³/mol. The van der Waals surface area contributed by atoms with E-state index in [4.69, 9.17) is 4.42 Å². The molecule has 0 saturated heterocycles. The van der Waals surface area contributed by atoms with Crippen molar-refractivity contribution in [2.24, 2.45) is 0 Å². The maximum atomic E-state index is 6.77. The molecule has 0 fully saturated rings. The van der Waals surface area contributed by atoms with Crippen LogP contribution in [0.4, 0.5) is 0 Å². The van der Waals surface area contributed by atoms with E-state index < -0.39 is 0 Å². The molecule has 0 aliphatic heterocycles. The van der Waals surface area contributed by atoms with E-state index in [1.54, 1.807) is 0 Å². The van der Waals surface area contributed by atoms with Crippen LogP contribution in [0.2, 0.25) is 0 Å². The summed E-state index contributed by atoms with van der Waals surface area (Å²) in [4.78, 5) is 0. The Balaban J connectivity index is 0.989. The van der Waals surface area contributed by atoms with Gasteiger partial charge in [0.05, 0.1) is 22.1 Å². The molecule has 0 amide bonds. The molecule has 12 aromatic carbocycles. The second kappa shape index (κ2) is 17.4. The first-order valence-electron chi connectivity index (χ1n) is 25.7. The van der Waals surface area contributed by atoms with Gasteiger partial charge in [-0.05, 0) is 141 Å². The summed E-state index contributed by atoms with van der Waals surface area (Å²) in [5.74, 6) is 0. The van der Waals surface area contributed by atoms with E-state index in [1.807, 2.05) is 0 Å². The summed E-state index contributed by atoms with van der Waals surface area (Å²) in [5, 5.41) is 6.93. The van der Waals surface area contributed by atoms with Gasteiger partial charge >= 0.3 is 0 Å². The number of fused-ring (bicyclic) bond motifs is 9. The number of hydrogen-bond donors (Lipinski definition) is 0. The lowest BCUT2D eigenvalue weighted by atomic mass is 9.95. The van der Waals surface area contributed by atoms with E-state index in [0.717, 1.165) is 55.4 Å². The van der Waals surface area contributed by atoms with Crippen molar-refractivity contribution in [3.8, 4) is 78.1 Å². The molecule has 15 rings (SSSR count). The highest BCUT2D eigenvalue weighted by molar-refractivity contribution is 6.18. The smallest absolute Gasteiger partial charge is 0.135 e. The lowest BCUT2D eigenvalue weighted by Gasteiger charge is -2.14. The second-order valence-electron chi connectivity index (χ2n) is 19.6.